The lowest BCUT2D eigenvalue weighted by Crippen LogP contribution is -2.48. The normalized spacial score (nSPS) is 15.7. The fourth-order valence-electron chi connectivity index (χ4n) is 3.33. The maximum Gasteiger partial charge on any atom is 0.255 e. The highest BCUT2D eigenvalue weighted by atomic mass is 35.5. The number of rotatable bonds is 6. The number of piperazine rings is 1. The molecule has 1 aliphatic rings. The average Bonchev–Trinajstić information content (AvgIpc) is 2.68. The summed E-state index contributed by atoms with van der Waals surface area (Å²) in [5.41, 5.74) is 1.46. The van der Waals surface area contributed by atoms with E-state index in [1.165, 1.54) is 23.8 Å². The Kier molecular flexibility index (Phi) is 6.95. The van der Waals surface area contributed by atoms with Crippen LogP contribution in [0.2, 0.25) is 5.02 Å². The number of sulfonamides is 1. The molecule has 1 saturated heterocycles. The molecular formula is C21H26ClN3O3S. The number of nitrogens with zero attached hydrogens (tertiary/aromatic N) is 2. The smallest absolute Gasteiger partial charge is 0.255 e. The van der Waals surface area contributed by atoms with Crippen LogP contribution in [-0.2, 0) is 16.6 Å². The molecule has 0 saturated carbocycles. The van der Waals surface area contributed by atoms with Gasteiger partial charge in [0.05, 0.1) is 15.5 Å². The van der Waals surface area contributed by atoms with Crippen molar-refractivity contribution in [2.75, 3.05) is 26.2 Å². The van der Waals surface area contributed by atoms with Crippen LogP contribution in [0.15, 0.2) is 53.4 Å². The van der Waals surface area contributed by atoms with Gasteiger partial charge in [-0.05, 0) is 37.6 Å². The minimum absolute atomic E-state index is 0.0432. The second-order valence-electron chi connectivity index (χ2n) is 7.47. The van der Waals surface area contributed by atoms with Gasteiger partial charge in [-0.3, -0.25) is 9.69 Å². The topological polar surface area (TPSA) is 69.7 Å². The lowest BCUT2D eigenvalue weighted by atomic mass is 10.1. The fourth-order valence-corrected chi connectivity index (χ4v) is 4.81. The number of carbonyl (C=O) groups is 1. The second kappa shape index (κ2) is 9.26. The Labute approximate surface area is 177 Å². The van der Waals surface area contributed by atoms with Gasteiger partial charge in [-0.2, -0.15) is 0 Å². The highest BCUT2D eigenvalue weighted by Crippen LogP contribution is 2.23. The predicted molar refractivity (Wildman–Crippen MR) is 115 cm³/mol. The standard InChI is InChI=1S/C21H26ClN3O3S/c1-16(2)23-29(27,28)18-8-9-20(22)19(14-18)21(26)25-12-10-24(11-13-25)15-17-6-4-3-5-7-17/h3-9,14,16,23H,10-13,15H2,1-2H3. The molecule has 1 aliphatic heterocycles. The van der Waals surface area contributed by atoms with Gasteiger partial charge in [0, 0.05) is 38.8 Å². The highest BCUT2D eigenvalue weighted by Gasteiger charge is 2.25. The van der Waals surface area contributed by atoms with E-state index in [9.17, 15) is 13.2 Å². The highest BCUT2D eigenvalue weighted by molar-refractivity contribution is 7.89. The van der Waals surface area contributed by atoms with E-state index in [2.05, 4.69) is 21.8 Å². The third-order valence-corrected chi connectivity index (χ3v) is 6.76. The van der Waals surface area contributed by atoms with E-state index in [4.69, 9.17) is 11.6 Å². The van der Waals surface area contributed by atoms with Gasteiger partial charge < -0.3 is 4.90 Å². The largest absolute Gasteiger partial charge is 0.336 e. The number of nitrogens with one attached hydrogen (secondary N) is 1. The van der Waals surface area contributed by atoms with E-state index >= 15 is 0 Å². The molecule has 2 aromatic carbocycles. The van der Waals surface area contributed by atoms with E-state index in [1.807, 2.05) is 18.2 Å². The van der Waals surface area contributed by atoms with Crippen LogP contribution < -0.4 is 4.72 Å². The quantitative estimate of drug-likeness (QED) is 0.757. The molecule has 1 fully saturated rings. The Morgan fingerprint density at radius 2 is 1.72 bits per heavy atom. The number of hydrogen-bond acceptors (Lipinski definition) is 4. The molecule has 8 heteroatoms. The van der Waals surface area contributed by atoms with Gasteiger partial charge in [-0.15, -0.1) is 0 Å². The molecular weight excluding hydrogens is 410 g/mol. The van der Waals surface area contributed by atoms with Crippen molar-refractivity contribution in [2.45, 2.75) is 31.3 Å². The summed E-state index contributed by atoms with van der Waals surface area (Å²) in [4.78, 5) is 17.1. The molecule has 1 amide bonds. The minimum Gasteiger partial charge on any atom is -0.336 e. The first-order chi connectivity index (χ1) is 13.8. The van der Waals surface area contributed by atoms with Crippen LogP contribution in [0.3, 0.4) is 0 Å². The lowest BCUT2D eigenvalue weighted by Gasteiger charge is -2.35. The van der Waals surface area contributed by atoms with E-state index in [1.54, 1.807) is 18.7 Å². The fraction of sp³-hybridized carbons (Fsp3) is 0.381. The van der Waals surface area contributed by atoms with Crippen LogP contribution in [0.4, 0.5) is 0 Å². The first-order valence-corrected chi connectivity index (χ1v) is 11.5. The molecule has 6 nitrogen and oxygen atoms in total. The number of carbonyl (C=O) groups excluding carboxylic acids is 1. The lowest BCUT2D eigenvalue weighted by molar-refractivity contribution is 0.0628. The molecule has 0 bridgehead atoms. The molecule has 0 unspecified atom stereocenters. The van der Waals surface area contributed by atoms with Gasteiger partial charge in [0.2, 0.25) is 10.0 Å². The van der Waals surface area contributed by atoms with Crippen LogP contribution in [0, 0.1) is 0 Å². The SMILES string of the molecule is CC(C)NS(=O)(=O)c1ccc(Cl)c(C(=O)N2CCN(Cc3ccccc3)CC2)c1. The van der Waals surface area contributed by atoms with Crippen LogP contribution in [0.1, 0.15) is 29.8 Å². The minimum atomic E-state index is -3.69. The van der Waals surface area contributed by atoms with Gasteiger partial charge >= 0.3 is 0 Å². The van der Waals surface area contributed by atoms with Gasteiger partial charge in [0.1, 0.15) is 0 Å². The van der Waals surface area contributed by atoms with E-state index in [-0.39, 0.29) is 27.4 Å². The Morgan fingerprint density at radius 3 is 2.34 bits per heavy atom. The third kappa shape index (κ3) is 5.57. The summed E-state index contributed by atoms with van der Waals surface area (Å²) in [6.45, 7) is 6.99. The van der Waals surface area contributed by atoms with E-state index in [0.29, 0.717) is 13.1 Å². The van der Waals surface area contributed by atoms with E-state index in [0.717, 1.165) is 19.6 Å². The third-order valence-electron chi connectivity index (χ3n) is 4.78. The number of hydrogen-bond donors (Lipinski definition) is 1. The molecule has 0 radical (unpaired) electrons. The summed E-state index contributed by atoms with van der Waals surface area (Å²) < 4.78 is 27.4. The van der Waals surface area contributed by atoms with Crippen molar-refractivity contribution in [1.29, 1.82) is 0 Å². The monoisotopic (exact) mass is 435 g/mol. The Bertz CT molecular complexity index is 956. The van der Waals surface area contributed by atoms with Gasteiger partial charge in [0.25, 0.3) is 5.91 Å². The number of amides is 1. The molecule has 0 aliphatic carbocycles. The van der Waals surface area contributed by atoms with Crippen molar-refractivity contribution in [3.8, 4) is 0 Å². The van der Waals surface area contributed by atoms with Gasteiger partial charge in [-0.25, -0.2) is 13.1 Å². The zero-order chi connectivity index (χ0) is 21.0. The van der Waals surface area contributed by atoms with Crippen LogP contribution in [0.5, 0.6) is 0 Å². The van der Waals surface area contributed by atoms with Crippen molar-refractivity contribution >= 4 is 27.5 Å². The Hall–Kier alpha value is -1.93. The average molecular weight is 436 g/mol. The molecule has 2 aromatic rings. The molecule has 156 valence electrons. The van der Waals surface area contributed by atoms with Crippen LogP contribution in [-0.4, -0.2) is 56.3 Å². The molecule has 29 heavy (non-hydrogen) atoms. The van der Waals surface area contributed by atoms with Crippen molar-refractivity contribution in [3.05, 3.63) is 64.7 Å². The summed E-state index contributed by atoms with van der Waals surface area (Å²) in [5, 5.41) is 0.255. The predicted octanol–water partition coefficient (Wildman–Crippen LogP) is 2.98. The zero-order valence-corrected chi connectivity index (χ0v) is 18.2. The van der Waals surface area contributed by atoms with E-state index < -0.39 is 10.0 Å². The first kappa shape index (κ1) is 21.8. The maximum absolute atomic E-state index is 13.0. The summed E-state index contributed by atoms with van der Waals surface area (Å²) in [6, 6.07) is 14.2. The summed E-state index contributed by atoms with van der Waals surface area (Å²) >= 11 is 6.23. The van der Waals surface area contributed by atoms with Crippen molar-refractivity contribution in [1.82, 2.24) is 14.5 Å². The number of halogens is 1. The Balaban J connectivity index is 1.69. The summed E-state index contributed by atoms with van der Waals surface area (Å²) in [7, 11) is -3.69. The van der Waals surface area contributed by atoms with Crippen LogP contribution >= 0.6 is 11.6 Å². The number of benzene rings is 2. The molecule has 0 atom stereocenters. The van der Waals surface area contributed by atoms with Crippen molar-refractivity contribution in [2.24, 2.45) is 0 Å². The molecule has 0 aromatic heterocycles. The van der Waals surface area contributed by atoms with Gasteiger partial charge in [0.15, 0.2) is 0 Å². The van der Waals surface area contributed by atoms with Gasteiger partial charge in [-0.1, -0.05) is 41.9 Å². The molecule has 3 rings (SSSR count). The first-order valence-electron chi connectivity index (χ1n) is 9.64. The second-order valence-corrected chi connectivity index (χ2v) is 9.59. The maximum atomic E-state index is 13.0. The summed E-state index contributed by atoms with van der Waals surface area (Å²) in [6.07, 6.45) is 0. The molecule has 1 heterocycles. The zero-order valence-electron chi connectivity index (χ0n) is 16.6. The molecule has 1 N–H and O–H groups in total. The molecule has 0 spiro atoms. The Morgan fingerprint density at radius 1 is 1.07 bits per heavy atom. The van der Waals surface area contributed by atoms with Crippen molar-refractivity contribution in [3.63, 3.8) is 0 Å². The van der Waals surface area contributed by atoms with Crippen molar-refractivity contribution < 1.29 is 13.2 Å². The summed E-state index contributed by atoms with van der Waals surface area (Å²) in [5.74, 6) is -0.240. The van der Waals surface area contributed by atoms with Crippen LogP contribution in [0.25, 0.3) is 0 Å².